The van der Waals surface area contributed by atoms with Gasteiger partial charge in [0.05, 0.1) is 4.90 Å². The van der Waals surface area contributed by atoms with E-state index in [4.69, 9.17) is 4.74 Å². The minimum absolute atomic E-state index is 0.270. The van der Waals surface area contributed by atoms with Crippen LogP contribution in [0.1, 0.15) is 46.0 Å². The molecule has 1 atom stereocenters. The highest BCUT2D eigenvalue weighted by molar-refractivity contribution is 9.10. The third-order valence-corrected chi connectivity index (χ3v) is 6.25. The van der Waals surface area contributed by atoms with Gasteiger partial charge in [-0.25, -0.2) is 13.1 Å². The predicted octanol–water partition coefficient (Wildman–Crippen LogP) is 4.35. The van der Waals surface area contributed by atoms with Gasteiger partial charge in [0.2, 0.25) is 10.0 Å². The number of unbranched alkanes of at least 4 members (excludes halogenated alkanes) is 1. The Morgan fingerprint density at radius 3 is 2.61 bits per heavy atom. The molecule has 0 aromatic heterocycles. The van der Waals surface area contributed by atoms with Crippen molar-refractivity contribution in [3.05, 3.63) is 28.7 Å². The fourth-order valence-electron chi connectivity index (χ4n) is 2.27. The third-order valence-electron chi connectivity index (χ3n) is 3.78. The van der Waals surface area contributed by atoms with Gasteiger partial charge in [-0.15, -0.1) is 0 Å². The number of rotatable bonds is 12. The van der Waals surface area contributed by atoms with Gasteiger partial charge in [0, 0.05) is 24.2 Å². The van der Waals surface area contributed by atoms with Crippen molar-refractivity contribution in [2.75, 3.05) is 19.8 Å². The van der Waals surface area contributed by atoms with E-state index in [0.29, 0.717) is 30.0 Å². The lowest BCUT2D eigenvalue weighted by Crippen LogP contribution is -2.26. The molecule has 0 aliphatic carbocycles. The zero-order valence-electron chi connectivity index (χ0n) is 14.1. The molecule has 0 fully saturated rings. The Labute approximate surface area is 149 Å². The number of halogens is 1. The molecule has 1 aromatic rings. The van der Waals surface area contributed by atoms with Crippen molar-refractivity contribution in [2.24, 2.45) is 5.92 Å². The molecule has 0 amide bonds. The highest BCUT2D eigenvalue weighted by Crippen LogP contribution is 2.20. The van der Waals surface area contributed by atoms with E-state index < -0.39 is 10.0 Å². The first-order chi connectivity index (χ1) is 11.0. The second kappa shape index (κ2) is 11.2. The van der Waals surface area contributed by atoms with Crippen LogP contribution in [-0.2, 0) is 14.8 Å². The molecule has 1 rings (SSSR count). The summed E-state index contributed by atoms with van der Waals surface area (Å²) in [6.45, 7) is 6.13. The van der Waals surface area contributed by atoms with E-state index >= 15 is 0 Å². The predicted molar refractivity (Wildman–Crippen MR) is 98.1 cm³/mol. The van der Waals surface area contributed by atoms with Crippen LogP contribution < -0.4 is 4.72 Å². The van der Waals surface area contributed by atoms with Gasteiger partial charge in [-0.1, -0.05) is 45.2 Å². The summed E-state index contributed by atoms with van der Waals surface area (Å²) in [5, 5.41) is 0. The van der Waals surface area contributed by atoms with Crippen LogP contribution in [0.4, 0.5) is 0 Å². The molecule has 4 nitrogen and oxygen atoms in total. The third kappa shape index (κ3) is 7.79. The van der Waals surface area contributed by atoms with Gasteiger partial charge < -0.3 is 4.74 Å². The van der Waals surface area contributed by atoms with Crippen LogP contribution in [0.2, 0.25) is 0 Å². The molecule has 0 aliphatic rings. The zero-order valence-corrected chi connectivity index (χ0v) is 16.5. The molecule has 1 unspecified atom stereocenters. The Bertz CT molecular complexity index is 549. The average Bonchev–Trinajstić information content (AvgIpc) is 2.53. The lowest BCUT2D eigenvalue weighted by molar-refractivity contribution is 0.0928. The number of ether oxygens (including phenoxy) is 1. The van der Waals surface area contributed by atoms with E-state index in [1.807, 2.05) is 0 Å². The van der Waals surface area contributed by atoms with Crippen LogP contribution in [0, 0.1) is 5.92 Å². The molecule has 0 heterocycles. The van der Waals surface area contributed by atoms with E-state index in [2.05, 4.69) is 34.5 Å². The lowest BCUT2D eigenvalue weighted by atomic mass is 10.0. The van der Waals surface area contributed by atoms with Crippen LogP contribution in [0.15, 0.2) is 33.6 Å². The fraction of sp³-hybridized carbons (Fsp3) is 0.647. The normalized spacial score (nSPS) is 13.2. The summed E-state index contributed by atoms with van der Waals surface area (Å²) in [5.74, 6) is 0.618. The van der Waals surface area contributed by atoms with Crippen molar-refractivity contribution in [3.8, 4) is 0 Å². The maximum Gasteiger partial charge on any atom is 0.241 e. The highest BCUT2D eigenvalue weighted by Gasteiger charge is 2.16. The van der Waals surface area contributed by atoms with Crippen LogP contribution in [0.5, 0.6) is 0 Å². The largest absolute Gasteiger partial charge is 0.381 e. The van der Waals surface area contributed by atoms with Crippen LogP contribution in [0.3, 0.4) is 0 Å². The summed E-state index contributed by atoms with van der Waals surface area (Å²) in [5.41, 5.74) is 0. The monoisotopic (exact) mass is 405 g/mol. The van der Waals surface area contributed by atoms with E-state index in [-0.39, 0.29) is 4.90 Å². The van der Waals surface area contributed by atoms with Gasteiger partial charge in [-0.3, -0.25) is 0 Å². The van der Waals surface area contributed by atoms with E-state index in [1.165, 1.54) is 19.3 Å². The summed E-state index contributed by atoms with van der Waals surface area (Å²) in [6.07, 6.45) is 5.48. The van der Waals surface area contributed by atoms with Crippen molar-refractivity contribution in [1.82, 2.24) is 4.72 Å². The SMILES string of the molecule is CCCCC(CC)COCCCNS(=O)(=O)c1ccccc1Br. The molecule has 132 valence electrons. The minimum atomic E-state index is -3.46. The molecule has 0 radical (unpaired) electrons. The Morgan fingerprint density at radius 2 is 1.96 bits per heavy atom. The van der Waals surface area contributed by atoms with E-state index in [1.54, 1.807) is 24.3 Å². The van der Waals surface area contributed by atoms with Gasteiger partial charge >= 0.3 is 0 Å². The lowest BCUT2D eigenvalue weighted by Gasteiger charge is -2.14. The topological polar surface area (TPSA) is 55.4 Å². The summed E-state index contributed by atoms with van der Waals surface area (Å²) < 4.78 is 33.2. The second-order valence-corrected chi connectivity index (χ2v) is 8.26. The minimum Gasteiger partial charge on any atom is -0.381 e. The first-order valence-corrected chi connectivity index (χ1v) is 10.6. The molecule has 6 heteroatoms. The van der Waals surface area contributed by atoms with Crippen molar-refractivity contribution in [1.29, 1.82) is 0 Å². The maximum atomic E-state index is 12.2. The quantitative estimate of drug-likeness (QED) is 0.525. The first-order valence-electron chi connectivity index (χ1n) is 8.33. The zero-order chi connectivity index (χ0) is 17.1. The molecular formula is C17H28BrNO3S. The van der Waals surface area contributed by atoms with Crippen molar-refractivity contribution >= 4 is 26.0 Å². The van der Waals surface area contributed by atoms with E-state index in [9.17, 15) is 8.42 Å². The number of sulfonamides is 1. The standard InChI is InChI=1S/C17H28BrNO3S/c1-3-5-9-15(4-2)14-22-13-8-12-19-23(20,21)17-11-7-6-10-16(17)18/h6-7,10-11,15,19H,3-5,8-9,12-14H2,1-2H3. The van der Waals surface area contributed by atoms with Crippen LogP contribution in [0.25, 0.3) is 0 Å². The first kappa shape index (κ1) is 20.6. The summed E-state index contributed by atoms with van der Waals surface area (Å²) in [7, 11) is -3.46. The summed E-state index contributed by atoms with van der Waals surface area (Å²) in [6, 6.07) is 6.81. The Hall–Kier alpha value is -0.430. The average molecular weight is 406 g/mol. The number of nitrogens with one attached hydrogen (secondary N) is 1. The van der Waals surface area contributed by atoms with Gasteiger partial charge in [0.25, 0.3) is 0 Å². The second-order valence-electron chi connectivity index (χ2n) is 5.67. The molecule has 0 spiro atoms. The molecule has 1 aromatic carbocycles. The van der Waals surface area contributed by atoms with Gasteiger partial charge in [0.15, 0.2) is 0 Å². The fourth-order valence-corrected chi connectivity index (χ4v) is 4.34. The van der Waals surface area contributed by atoms with Crippen molar-refractivity contribution < 1.29 is 13.2 Å². The van der Waals surface area contributed by atoms with Crippen LogP contribution in [-0.4, -0.2) is 28.2 Å². The molecule has 0 saturated carbocycles. The smallest absolute Gasteiger partial charge is 0.241 e. The highest BCUT2D eigenvalue weighted by atomic mass is 79.9. The molecular weight excluding hydrogens is 378 g/mol. The van der Waals surface area contributed by atoms with E-state index in [0.717, 1.165) is 13.0 Å². The maximum absolute atomic E-state index is 12.2. The molecule has 0 aliphatic heterocycles. The Balaban J connectivity index is 2.26. The van der Waals surface area contributed by atoms with Gasteiger partial charge in [-0.05, 0) is 46.8 Å². The summed E-state index contributed by atoms with van der Waals surface area (Å²) >= 11 is 3.27. The number of hydrogen-bond acceptors (Lipinski definition) is 3. The van der Waals surface area contributed by atoms with Crippen LogP contribution >= 0.6 is 15.9 Å². The Morgan fingerprint density at radius 1 is 1.22 bits per heavy atom. The molecule has 23 heavy (non-hydrogen) atoms. The number of hydrogen-bond donors (Lipinski definition) is 1. The Kier molecular flexibility index (Phi) is 10.0. The molecule has 1 N–H and O–H groups in total. The van der Waals surface area contributed by atoms with Crippen molar-refractivity contribution in [2.45, 2.75) is 50.8 Å². The molecule has 0 bridgehead atoms. The van der Waals surface area contributed by atoms with Gasteiger partial charge in [0.1, 0.15) is 0 Å². The van der Waals surface area contributed by atoms with Crippen molar-refractivity contribution in [3.63, 3.8) is 0 Å². The molecule has 0 saturated heterocycles. The van der Waals surface area contributed by atoms with Gasteiger partial charge in [-0.2, -0.15) is 0 Å². The summed E-state index contributed by atoms with van der Waals surface area (Å²) in [4.78, 5) is 0.270. The number of benzene rings is 1.